The maximum Gasteiger partial charge on any atom is 0.223 e. The molecule has 0 unspecified atom stereocenters. The smallest absolute Gasteiger partial charge is 0.223 e. The number of nitrogens with zero attached hydrogens (tertiary/aromatic N) is 2. The molecule has 0 saturated carbocycles. The Hall–Kier alpha value is -1.56. The molecule has 108 valence electrons. The number of thiophene rings is 1. The standard InChI is InChI=1S/C14H12Cl2N4S/c15-9-2-1-8(11(16)7-9)3-5-18-12-10-4-6-21-13(10)20-14(17)19-12/h1-2,4,6-7H,3,5H2,(H3,17,18,19,20). The summed E-state index contributed by atoms with van der Waals surface area (Å²) in [5, 5.41) is 7.56. The van der Waals surface area contributed by atoms with E-state index >= 15 is 0 Å². The molecule has 0 aliphatic rings. The first-order valence-electron chi connectivity index (χ1n) is 6.32. The topological polar surface area (TPSA) is 63.8 Å². The van der Waals surface area contributed by atoms with E-state index in [9.17, 15) is 0 Å². The first kappa shape index (κ1) is 14.4. The van der Waals surface area contributed by atoms with E-state index in [2.05, 4.69) is 15.3 Å². The van der Waals surface area contributed by atoms with Crippen LogP contribution in [0.3, 0.4) is 0 Å². The number of nitrogens with one attached hydrogen (secondary N) is 1. The van der Waals surface area contributed by atoms with Crippen LogP contribution in [0.25, 0.3) is 10.2 Å². The van der Waals surface area contributed by atoms with Gasteiger partial charge >= 0.3 is 0 Å². The number of rotatable bonds is 4. The Morgan fingerprint density at radius 3 is 2.86 bits per heavy atom. The van der Waals surface area contributed by atoms with Crippen LogP contribution in [0.4, 0.5) is 11.8 Å². The van der Waals surface area contributed by atoms with Crippen LogP contribution in [0.5, 0.6) is 0 Å². The van der Waals surface area contributed by atoms with E-state index in [-0.39, 0.29) is 5.95 Å². The van der Waals surface area contributed by atoms with Gasteiger partial charge in [-0.25, -0.2) is 4.98 Å². The van der Waals surface area contributed by atoms with E-state index in [4.69, 9.17) is 28.9 Å². The highest BCUT2D eigenvalue weighted by atomic mass is 35.5. The zero-order valence-corrected chi connectivity index (χ0v) is 13.3. The van der Waals surface area contributed by atoms with E-state index in [1.54, 1.807) is 17.4 Å². The van der Waals surface area contributed by atoms with Gasteiger partial charge in [-0.3, -0.25) is 0 Å². The van der Waals surface area contributed by atoms with E-state index in [0.717, 1.165) is 28.0 Å². The second kappa shape index (κ2) is 6.05. The van der Waals surface area contributed by atoms with E-state index in [1.807, 2.05) is 23.6 Å². The van der Waals surface area contributed by atoms with Crippen molar-refractivity contribution in [2.75, 3.05) is 17.6 Å². The minimum absolute atomic E-state index is 0.275. The molecule has 3 N–H and O–H groups in total. The summed E-state index contributed by atoms with van der Waals surface area (Å²) in [5.74, 6) is 1.03. The Kier molecular flexibility index (Phi) is 4.14. The molecule has 1 aromatic carbocycles. The number of benzene rings is 1. The lowest BCUT2D eigenvalue weighted by molar-refractivity contribution is 1.01. The molecule has 21 heavy (non-hydrogen) atoms. The normalized spacial score (nSPS) is 11.0. The van der Waals surface area contributed by atoms with Crippen molar-refractivity contribution < 1.29 is 0 Å². The molecule has 2 aromatic heterocycles. The molecule has 0 spiro atoms. The Balaban J connectivity index is 1.73. The fourth-order valence-corrected chi connectivity index (χ4v) is 3.32. The third-order valence-corrected chi connectivity index (χ3v) is 4.44. The van der Waals surface area contributed by atoms with Crippen molar-refractivity contribution >= 4 is 56.5 Å². The van der Waals surface area contributed by atoms with Crippen LogP contribution in [-0.2, 0) is 6.42 Å². The molecule has 2 heterocycles. The zero-order chi connectivity index (χ0) is 14.8. The molecule has 0 atom stereocenters. The first-order valence-corrected chi connectivity index (χ1v) is 7.95. The molecular formula is C14H12Cl2N4S. The summed E-state index contributed by atoms with van der Waals surface area (Å²) in [6, 6.07) is 7.50. The van der Waals surface area contributed by atoms with Crippen molar-refractivity contribution in [3.05, 3.63) is 45.3 Å². The van der Waals surface area contributed by atoms with Crippen molar-refractivity contribution in [3.63, 3.8) is 0 Å². The van der Waals surface area contributed by atoms with E-state index in [1.165, 1.54) is 0 Å². The molecule has 0 amide bonds. The highest BCUT2D eigenvalue weighted by molar-refractivity contribution is 7.16. The van der Waals surface area contributed by atoms with Gasteiger partial charge in [0, 0.05) is 16.6 Å². The van der Waals surface area contributed by atoms with Crippen LogP contribution in [0.1, 0.15) is 5.56 Å². The van der Waals surface area contributed by atoms with E-state index < -0.39 is 0 Å². The maximum absolute atomic E-state index is 6.16. The zero-order valence-electron chi connectivity index (χ0n) is 10.9. The minimum atomic E-state index is 0.275. The van der Waals surface area contributed by atoms with Gasteiger partial charge in [0.2, 0.25) is 5.95 Å². The number of anilines is 2. The first-order chi connectivity index (χ1) is 10.1. The summed E-state index contributed by atoms with van der Waals surface area (Å²) >= 11 is 13.6. The van der Waals surface area contributed by atoms with Gasteiger partial charge in [-0.2, -0.15) is 4.98 Å². The quantitative estimate of drug-likeness (QED) is 0.746. The lowest BCUT2D eigenvalue weighted by Crippen LogP contribution is -2.08. The number of aromatic nitrogens is 2. The average Bonchev–Trinajstić information content (AvgIpc) is 2.89. The summed E-state index contributed by atoms with van der Waals surface area (Å²) in [6.07, 6.45) is 0.769. The fraction of sp³-hybridized carbons (Fsp3) is 0.143. The van der Waals surface area contributed by atoms with Gasteiger partial charge in [0.15, 0.2) is 0 Å². The van der Waals surface area contributed by atoms with Crippen molar-refractivity contribution in [2.24, 2.45) is 0 Å². The van der Waals surface area contributed by atoms with Crippen LogP contribution in [0, 0.1) is 0 Å². The van der Waals surface area contributed by atoms with Gasteiger partial charge in [-0.05, 0) is 35.6 Å². The van der Waals surface area contributed by atoms with Gasteiger partial charge in [0.1, 0.15) is 10.6 Å². The maximum atomic E-state index is 6.16. The monoisotopic (exact) mass is 338 g/mol. The summed E-state index contributed by atoms with van der Waals surface area (Å²) < 4.78 is 0. The molecular weight excluding hydrogens is 327 g/mol. The van der Waals surface area contributed by atoms with E-state index in [0.29, 0.717) is 16.6 Å². The highest BCUT2D eigenvalue weighted by Crippen LogP contribution is 2.26. The molecule has 3 rings (SSSR count). The van der Waals surface area contributed by atoms with Gasteiger partial charge in [0.25, 0.3) is 0 Å². The third kappa shape index (κ3) is 3.20. The summed E-state index contributed by atoms with van der Waals surface area (Å²) in [6.45, 7) is 0.697. The van der Waals surface area contributed by atoms with Crippen molar-refractivity contribution in [1.82, 2.24) is 9.97 Å². The third-order valence-electron chi connectivity index (χ3n) is 3.04. The molecule has 0 aliphatic carbocycles. The summed E-state index contributed by atoms with van der Waals surface area (Å²) in [4.78, 5) is 9.33. The lowest BCUT2D eigenvalue weighted by Gasteiger charge is -2.08. The van der Waals surface area contributed by atoms with Crippen molar-refractivity contribution in [3.8, 4) is 0 Å². The molecule has 0 fully saturated rings. The van der Waals surface area contributed by atoms with Gasteiger partial charge in [-0.15, -0.1) is 11.3 Å². The Morgan fingerprint density at radius 1 is 1.19 bits per heavy atom. The number of fused-ring (bicyclic) bond motifs is 1. The van der Waals surface area contributed by atoms with Crippen LogP contribution in [-0.4, -0.2) is 16.5 Å². The van der Waals surface area contributed by atoms with Gasteiger partial charge < -0.3 is 11.1 Å². The number of halogens is 2. The number of hydrogen-bond donors (Lipinski definition) is 2. The predicted octanol–water partition coefficient (Wildman–Crippen LogP) is 4.23. The Labute approximate surface area is 135 Å². The van der Waals surface area contributed by atoms with Crippen LogP contribution < -0.4 is 11.1 Å². The second-order valence-corrected chi connectivity index (χ2v) is 6.22. The van der Waals surface area contributed by atoms with Crippen molar-refractivity contribution in [2.45, 2.75) is 6.42 Å². The Morgan fingerprint density at radius 2 is 2.05 bits per heavy atom. The predicted molar refractivity (Wildman–Crippen MR) is 90.5 cm³/mol. The molecule has 0 bridgehead atoms. The van der Waals surface area contributed by atoms with Crippen LogP contribution in [0.2, 0.25) is 10.0 Å². The van der Waals surface area contributed by atoms with Gasteiger partial charge in [0.05, 0.1) is 5.39 Å². The summed E-state index contributed by atoms with van der Waals surface area (Å²) in [5.41, 5.74) is 6.76. The fourth-order valence-electron chi connectivity index (χ4n) is 2.05. The largest absolute Gasteiger partial charge is 0.369 e. The molecule has 3 aromatic rings. The molecule has 0 saturated heterocycles. The SMILES string of the molecule is Nc1nc(NCCc2ccc(Cl)cc2Cl)c2ccsc2n1. The van der Waals surface area contributed by atoms with Crippen molar-refractivity contribution in [1.29, 1.82) is 0 Å². The average molecular weight is 339 g/mol. The molecule has 0 radical (unpaired) electrons. The lowest BCUT2D eigenvalue weighted by atomic mass is 10.1. The number of nitrogen functional groups attached to an aromatic ring is 1. The minimum Gasteiger partial charge on any atom is -0.369 e. The highest BCUT2D eigenvalue weighted by Gasteiger charge is 2.07. The summed E-state index contributed by atoms with van der Waals surface area (Å²) in [7, 11) is 0. The molecule has 7 heteroatoms. The van der Waals surface area contributed by atoms with Gasteiger partial charge in [-0.1, -0.05) is 29.3 Å². The second-order valence-electron chi connectivity index (χ2n) is 4.48. The molecule has 0 aliphatic heterocycles. The number of hydrogen-bond acceptors (Lipinski definition) is 5. The van der Waals surface area contributed by atoms with Crippen LogP contribution >= 0.6 is 34.5 Å². The van der Waals surface area contributed by atoms with Crippen LogP contribution in [0.15, 0.2) is 29.6 Å². The molecule has 4 nitrogen and oxygen atoms in total. The Bertz CT molecular complexity index is 788. The number of nitrogens with two attached hydrogens (primary N) is 1.